The highest BCUT2D eigenvalue weighted by molar-refractivity contribution is 7.14. The lowest BCUT2D eigenvalue weighted by Gasteiger charge is -2.30. The number of nitrogens with one attached hydrogen (secondary N) is 3. The van der Waals surface area contributed by atoms with Gasteiger partial charge in [-0.25, -0.2) is 0 Å². The van der Waals surface area contributed by atoms with Crippen molar-refractivity contribution in [2.75, 3.05) is 22.2 Å². The van der Waals surface area contributed by atoms with Crippen LogP contribution in [0.25, 0.3) is 0 Å². The van der Waals surface area contributed by atoms with Crippen LogP contribution >= 0.6 is 11.3 Å². The summed E-state index contributed by atoms with van der Waals surface area (Å²) in [6, 6.07) is 17.7. The molecular formula is C21H18N4OS. The Bertz CT molecular complexity index is 1040. The number of hydrogen-bond donors (Lipinski definition) is 3. The first-order chi connectivity index (χ1) is 13.2. The Kier molecular flexibility index (Phi) is 3.72. The van der Waals surface area contributed by atoms with E-state index in [1.54, 1.807) is 11.3 Å². The maximum Gasteiger partial charge on any atom is 0.232 e. The zero-order valence-corrected chi connectivity index (χ0v) is 15.3. The Balaban J connectivity index is 1.29. The average Bonchev–Trinajstić information content (AvgIpc) is 3.14. The number of benzene rings is 2. The first-order valence-electron chi connectivity index (χ1n) is 8.87. The predicted molar refractivity (Wildman–Crippen MR) is 110 cm³/mol. The zero-order chi connectivity index (χ0) is 18.4. The minimum absolute atomic E-state index is 0.0387. The standard InChI is InChI=1S/C21H18N4OS/c22-19-17-9-10-27-21(17)23-12-25(19)15-7-5-14(6-8-15)24-20(26)18-11-13-3-1-2-4-16(13)18/h1-10,18,22-23H,11-12H2,(H,24,26). The van der Waals surface area contributed by atoms with Gasteiger partial charge in [-0.05, 0) is 53.3 Å². The molecule has 1 aliphatic carbocycles. The summed E-state index contributed by atoms with van der Waals surface area (Å²) in [7, 11) is 0. The molecule has 0 radical (unpaired) electrons. The van der Waals surface area contributed by atoms with Crippen molar-refractivity contribution in [3.8, 4) is 0 Å². The highest BCUT2D eigenvalue weighted by Crippen LogP contribution is 2.36. The summed E-state index contributed by atoms with van der Waals surface area (Å²) >= 11 is 1.61. The highest BCUT2D eigenvalue weighted by atomic mass is 32.1. The third-order valence-corrected chi connectivity index (χ3v) is 6.08. The van der Waals surface area contributed by atoms with Gasteiger partial charge in [-0.2, -0.15) is 0 Å². The van der Waals surface area contributed by atoms with Gasteiger partial charge >= 0.3 is 0 Å². The lowest BCUT2D eigenvalue weighted by atomic mass is 9.77. The number of anilines is 3. The number of carbonyl (C=O) groups is 1. The molecular weight excluding hydrogens is 356 g/mol. The Labute approximate surface area is 161 Å². The molecule has 1 atom stereocenters. The Morgan fingerprint density at radius 3 is 2.78 bits per heavy atom. The quantitative estimate of drug-likeness (QED) is 0.642. The van der Waals surface area contributed by atoms with Gasteiger partial charge in [0.25, 0.3) is 0 Å². The normalized spacial score (nSPS) is 17.4. The molecule has 134 valence electrons. The molecule has 5 nitrogen and oxygen atoms in total. The Hall–Kier alpha value is -3.12. The third-order valence-electron chi connectivity index (χ3n) is 5.21. The summed E-state index contributed by atoms with van der Waals surface area (Å²) in [6.45, 7) is 0.566. The summed E-state index contributed by atoms with van der Waals surface area (Å²) in [5, 5.41) is 17.8. The molecule has 2 heterocycles. The molecule has 6 heteroatoms. The molecule has 2 aliphatic rings. The van der Waals surface area contributed by atoms with E-state index in [1.807, 2.05) is 58.8 Å². The van der Waals surface area contributed by atoms with Crippen molar-refractivity contribution in [1.29, 1.82) is 5.41 Å². The number of rotatable bonds is 3. The minimum Gasteiger partial charge on any atom is -0.359 e. The number of thiophene rings is 1. The highest BCUT2D eigenvalue weighted by Gasteiger charge is 2.31. The van der Waals surface area contributed by atoms with Crippen molar-refractivity contribution < 1.29 is 4.79 Å². The summed E-state index contributed by atoms with van der Waals surface area (Å²) in [6.07, 6.45) is 0.805. The number of carbonyl (C=O) groups excluding carboxylic acids is 1. The van der Waals surface area contributed by atoms with Crippen molar-refractivity contribution in [1.82, 2.24) is 0 Å². The molecule has 1 unspecified atom stereocenters. The molecule has 0 bridgehead atoms. The number of hydrogen-bond acceptors (Lipinski definition) is 4. The topological polar surface area (TPSA) is 68.2 Å². The number of fused-ring (bicyclic) bond motifs is 2. The van der Waals surface area contributed by atoms with Crippen molar-refractivity contribution in [2.24, 2.45) is 0 Å². The van der Waals surface area contributed by atoms with Crippen LogP contribution in [0.15, 0.2) is 60.0 Å². The van der Waals surface area contributed by atoms with Gasteiger partial charge < -0.3 is 15.5 Å². The Morgan fingerprint density at radius 1 is 1.15 bits per heavy atom. The summed E-state index contributed by atoms with van der Waals surface area (Å²) in [5.74, 6) is 0.474. The molecule has 3 N–H and O–H groups in total. The lowest BCUT2D eigenvalue weighted by Crippen LogP contribution is -2.39. The minimum atomic E-state index is -0.0580. The second-order valence-electron chi connectivity index (χ2n) is 6.77. The van der Waals surface area contributed by atoms with Gasteiger partial charge in [-0.1, -0.05) is 24.3 Å². The van der Waals surface area contributed by atoms with Crippen LogP contribution in [0.4, 0.5) is 16.4 Å². The van der Waals surface area contributed by atoms with Gasteiger partial charge in [-0.15, -0.1) is 11.3 Å². The van der Waals surface area contributed by atoms with Crippen LogP contribution in [0.1, 0.15) is 22.6 Å². The molecule has 1 aliphatic heterocycles. The average molecular weight is 374 g/mol. The van der Waals surface area contributed by atoms with E-state index in [2.05, 4.69) is 16.7 Å². The van der Waals surface area contributed by atoms with Crippen LogP contribution in [0.5, 0.6) is 0 Å². The lowest BCUT2D eigenvalue weighted by molar-refractivity contribution is -0.118. The fraction of sp³-hybridized carbons (Fsp3) is 0.143. The summed E-state index contributed by atoms with van der Waals surface area (Å²) in [4.78, 5) is 14.5. The molecule has 27 heavy (non-hydrogen) atoms. The first kappa shape index (κ1) is 16.1. The largest absolute Gasteiger partial charge is 0.359 e. The molecule has 5 rings (SSSR count). The SMILES string of the molecule is N=C1c2ccsc2NCN1c1ccc(NC(=O)C2Cc3ccccc32)cc1. The zero-order valence-electron chi connectivity index (χ0n) is 14.5. The van der Waals surface area contributed by atoms with E-state index >= 15 is 0 Å². The van der Waals surface area contributed by atoms with Crippen LogP contribution in [0.2, 0.25) is 0 Å². The molecule has 0 saturated carbocycles. The molecule has 0 saturated heterocycles. The van der Waals surface area contributed by atoms with Crippen LogP contribution in [0.3, 0.4) is 0 Å². The first-order valence-corrected chi connectivity index (χ1v) is 9.75. The fourth-order valence-corrected chi connectivity index (χ4v) is 4.45. The molecule has 2 aromatic carbocycles. The molecule has 0 spiro atoms. The second kappa shape index (κ2) is 6.25. The van der Waals surface area contributed by atoms with Gasteiger partial charge in [0.2, 0.25) is 5.91 Å². The molecule has 1 amide bonds. The van der Waals surface area contributed by atoms with Crippen molar-refractivity contribution in [3.05, 3.63) is 76.7 Å². The Morgan fingerprint density at radius 2 is 1.96 bits per heavy atom. The number of amides is 1. The van der Waals surface area contributed by atoms with E-state index in [0.717, 1.165) is 33.9 Å². The van der Waals surface area contributed by atoms with E-state index < -0.39 is 0 Å². The molecule has 3 aromatic rings. The third kappa shape index (κ3) is 2.69. The molecule has 1 aromatic heterocycles. The van der Waals surface area contributed by atoms with Crippen LogP contribution in [-0.2, 0) is 11.2 Å². The van der Waals surface area contributed by atoms with E-state index in [1.165, 1.54) is 5.56 Å². The van der Waals surface area contributed by atoms with Crippen molar-refractivity contribution >= 4 is 39.5 Å². The summed E-state index contributed by atoms with van der Waals surface area (Å²) < 4.78 is 0. The van der Waals surface area contributed by atoms with E-state index in [0.29, 0.717) is 12.5 Å². The maximum absolute atomic E-state index is 12.5. The summed E-state index contributed by atoms with van der Waals surface area (Å²) in [5.41, 5.74) is 5.02. The van der Waals surface area contributed by atoms with Crippen molar-refractivity contribution in [3.63, 3.8) is 0 Å². The maximum atomic E-state index is 12.5. The van der Waals surface area contributed by atoms with Crippen LogP contribution in [-0.4, -0.2) is 18.4 Å². The van der Waals surface area contributed by atoms with Crippen LogP contribution in [0, 0.1) is 5.41 Å². The smallest absolute Gasteiger partial charge is 0.232 e. The van der Waals surface area contributed by atoms with Gasteiger partial charge in [0, 0.05) is 11.4 Å². The predicted octanol–water partition coefficient (Wildman–Crippen LogP) is 4.24. The van der Waals surface area contributed by atoms with Gasteiger partial charge in [0.15, 0.2) is 0 Å². The van der Waals surface area contributed by atoms with Gasteiger partial charge in [0.1, 0.15) is 10.8 Å². The van der Waals surface area contributed by atoms with E-state index in [9.17, 15) is 4.79 Å². The van der Waals surface area contributed by atoms with Crippen LogP contribution < -0.4 is 15.5 Å². The second-order valence-corrected chi connectivity index (χ2v) is 7.68. The number of amidine groups is 1. The fourth-order valence-electron chi connectivity index (χ4n) is 3.68. The van der Waals surface area contributed by atoms with E-state index in [-0.39, 0.29) is 11.8 Å². The number of nitrogens with zero attached hydrogens (tertiary/aromatic N) is 1. The van der Waals surface area contributed by atoms with E-state index in [4.69, 9.17) is 5.41 Å². The van der Waals surface area contributed by atoms with Gasteiger partial charge in [0.05, 0.1) is 18.2 Å². The van der Waals surface area contributed by atoms with Crippen molar-refractivity contribution in [2.45, 2.75) is 12.3 Å². The van der Waals surface area contributed by atoms with Gasteiger partial charge in [-0.3, -0.25) is 10.2 Å². The molecule has 0 fully saturated rings. The monoisotopic (exact) mass is 374 g/mol.